The quantitative estimate of drug-likeness (QED) is 0.140. The smallest absolute Gasteiger partial charge is 0.338 e. The maximum absolute atomic E-state index is 15.5. The number of hydrogen-bond donors (Lipinski definition) is 3. The molecule has 11 atom stereocenters. The number of nitrogens with one attached hydrogen (secondary N) is 1. The minimum atomic E-state index is -2.13. The number of aliphatic hydroxyl groups is 2. The summed E-state index contributed by atoms with van der Waals surface area (Å²) in [6.45, 7) is 9.76. The van der Waals surface area contributed by atoms with Crippen molar-refractivity contribution in [1.82, 2.24) is 5.32 Å². The molecule has 13 nitrogen and oxygen atoms in total. The van der Waals surface area contributed by atoms with E-state index in [-0.39, 0.29) is 30.8 Å². The van der Waals surface area contributed by atoms with Crippen LogP contribution in [-0.2, 0) is 38.1 Å². The monoisotopic (exact) mass is 823 g/mol. The fourth-order valence-electron chi connectivity index (χ4n) is 10.8. The molecule has 1 unspecified atom stereocenters. The van der Waals surface area contributed by atoms with Crippen molar-refractivity contribution >= 4 is 29.6 Å². The van der Waals surface area contributed by atoms with E-state index in [1.165, 1.54) is 14.0 Å². The summed E-state index contributed by atoms with van der Waals surface area (Å²) in [6.07, 6.45) is -6.57. The number of ether oxygens (including phenoxy) is 5. The van der Waals surface area contributed by atoms with Crippen LogP contribution in [0.15, 0.2) is 102 Å². The van der Waals surface area contributed by atoms with Crippen molar-refractivity contribution in [2.24, 2.45) is 22.7 Å². The average molecular weight is 824 g/mol. The third kappa shape index (κ3) is 6.85. The standard InChI is InChI=1S/C47H53NO12/c1-26-32(58-43(54)37(50)36(29-17-11-8-12-18-29)48-41(52)30-19-13-9-14-20-30)24-47(55)40(59-42(53)31-21-15-10-16-22-31)38-45(6,39(51)27(2)35(26)44(47,4)5)33(56-7)23-34-46(38,25-57-34)60-28(3)49/h8-22,27,32-34,36-38,40,50,55H,23-25H2,1-7H3,(H,48,52)/t27-,32+,33+,34-,36+,37-,38?,40+,45-,46+,47-/m1/s1. The van der Waals surface area contributed by atoms with Gasteiger partial charge in [-0.2, -0.15) is 0 Å². The lowest BCUT2D eigenvalue weighted by Gasteiger charge is -2.68. The van der Waals surface area contributed by atoms with Gasteiger partial charge >= 0.3 is 17.9 Å². The summed E-state index contributed by atoms with van der Waals surface area (Å²) in [5.74, 6) is -5.58. The molecule has 1 aliphatic heterocycles. The molecule has 2 saturated carbocycles. The van der Waals surface area contributed by atoms with E-state index >= 15 is 4.79 Å². The fraction of sp³-hybridized carbons (Fsp3) is 0.468. The summed E-state index contributed by atoms with van der Waals surface area (Å²) in [5.41, 5.74) is -4.71. The zero-order valence-electron chi connectivity index (χ0n) is 34.9. The number of benzene rings is 3. The lowest BCUT2D eigenvalue weighted by atomic mass is 9.43. The molecule has 1 saturated heterocycles. The molecule has 7 rings (SSSR count). The van der Waals surface area contributed by atoms with Gasteiger partial charge in [-0.15, -0.1) is 0 Å². The van der Waals surface area contributed by atoms with Gasteiger partial charge in [0.05, 0.1) is 35.6 Å². The van der Waals surface area contributed by atoms with Crippen molar-refractivity contribution in [3.8, 4) is 0 Å². The number of carbonyl (C=O) groups is 5. The number of Topliss-reactive ketones (excluding diaryl/α,β-unsaturated/α-hetero) is 1. The molecule has 13 heteroatoms. The van der Waals surface area contributed by atoms with E-state index in [0.29, 0.717) is 22.3 Å². The van der Waals surface area contributed by atoms with Crippen LogP contribution in [0.2, 0.25) is 0 Å². The first-order chi connectivity index (χ1) is 28.4. The van der Waals surface area contributed by atoms with Gasteiger partial charge in [0, 0.05) is 43.8 Å². The predicted octanol–water partition coefficient (Wildman–Crippen LogP) is 5.09. The molecule has 318 valence electrons. The number of carbonyl (C=O) groups excluding carboxylic acids is 5. The van der Waals surface area contributed by atoms with E-state index in [2.05, 4.69) is 5.32 Å². The van der Waals surface area contributed by atoms with Gasteiger partial charge in [-0.25, -0.2) is 9.59 Å². The number of methoxy groups -OCH3 is 1. The molecule has 4 aliphatic rings. The second-order valence-corrected chi connectivity index (χ2v) is 17.3. The summed E-state index contributed by atoms with van der Waals surface area (Å²) < 4.78 is 31.0. The third-order valence-corrected chi connectivity index (χ3v) is 13.8. The molecule has 3 aliphatic carbocycles. The van der Waals surface area contributed by atoms with Gasteiger partial charge in [-0.1, -0.05) is 87.5 Å². The average Bonchev–Trinajstić information content (AvgIpc) is 3.23. The van der Waals surface area contributed by atoms with Crippen LogP contribution in [0.5, 0.6) is 0 Å². The van der Waals surface area contributed by atoms with Crippen LogP contribution in [0.1, 0.15) is 86.7 Å². The summed E-state index contributed by atoms with van der Waals surface area (Å²) >= 11 is 0. The summed E-state index contributed by atoms with van der Waals surface area (Å²) in [6, 6.07) is 23.8. The van der Waals surface area contributed by atoms with E-state index < -0.39 is 94.2 Å². The Labute approximate surface area is 349 Å². The highest BCUT2D eigenvalue weighted by atomic mass is 16.6. The van der Waals surface area contributed by atoms with Crippen LogP contribution < -0.4 is 5.32 Å². The maximum atomic E-state index is 15.5. The van der Waals surface area contributed by atoms with E-state index in [1.54, 1.807) is 126 Å². The van der Waals surface area contributed by atoms with Crippen LogP contribution in [0.3, 0.4) is 0 Å². The number of ketones is 1. The van der Waals surface area contributed by atoms with Gasteiger partial charge in [0.1, 0.15) is 29.7 Å². The van der Waals surface area contributed by atoms with Gasteiger partial charge in [0.2, 0.25) is 0 Å². The van der Waals surface area contributed by atoms with Crippen molar-refractivity contribution in [1.29, 1.82) is 0 Å². The van der Waals surface area contributed by atoms with Gasteiger partial charge in [-0.3, -0.25) is 14.4 Å². The van der Waals surface area contributed by atoms with Crippen molar-refractivity contribution in [3.63, 3.8) is 0 Å². The number of hydrogen-bond acceptors (Lipinski definition) is 12. The molecular weight excluding hydrogens is 771 g/mol. The Balaban J connectivity index is 1.35. The minimum Gasteiger partial charge on any atom is -0.456 e. The van der Waals surface area contributed by atoms with E-state index in [9.17, 15) is 29.4 Å². The van der Waals surface area contributed by atoms with Crippen molar-refractivity contribution < 1.29 is 57.9 Å². The highest BCUT2D eigenvalue weighted by Gasteiger charge is 2.78. The fourth-order valence-corrected chi connectivity index (χ4v) is 10.8. The molecule has 3 aromatic carbocycles. The van der Waals surface area contributed by atoms with Gasteiger partial charge in [-0.05, 0) is 54.8 Å². The minimum absolute atomic E-state index is 0.145. The Morgan fingerprint density at radius 2 is 1.47 bits per heavy atom. The Morgan fingerprint density at radius 1 is 0.883 bits per heavy atom. The summed E-state index contributed by atoms with van der Waals surface area (Å²) in [5, 5.41) is 28.2. The Hall–Kier alpha value is -5.21. The topological polar surface area (TPSA) is 184 Å². The highest BCUT2D eigenvalue weighted by molar-refractivity contribution is 5.95. The molecule has 3 aromatic rings. The maximum Gasteiger partial charge on any atom is 0.338 e. The first kappa shape index (κ1) is 42.9. The van der Waals surface area contributed by atoms with Crippen LogP contribution in [0.25, 0.3) is 0 Å². The third-order valence-electron chi connectivity index (χ3n) is 13.8. The van der Waals surface area contributed by atoms with E-state index in [0.717, 1.165) is 0 Å². The molecule has 1 heterocycles. The van der Waals surface area contributed by atoms with Crippen LogP contribution in [0.4, 0.5) is 0 Å². The van der Waals surface area contributed by atoms with Gasteiger partial charge < -0.3 is 39.2 Å². The molecule has 60 heavy (non-hydrogen) atoms. The van der Waals surface area contributed by atoms with E-state index in [4.69, 9.17) is 23.7 Å². The van der Waals surface area contributed by atoms with Crippen LogP contribution in [-0.4, -0.2) is 95.3 Å². The molecule has 3 N–H and O–H groups in total. The summed E-state index contributed by atoms with van der Waals surface area (Å²) in [4.78, 5) is 70.5. The first-order valence-electron chi connectivity index (χ1n) is 20.3. The summed E-state index contributed by atoms with van der Waals surface area (Å²) in [7, 11) is 1.47. The number of fused-ring (bicyclic) bond motifs is 5. The lowest BCUT2D eigenvalue weighted by molar-refractivity contribution is -0.346. The van der Waals surface area contributed by atoms with Crippen molar-refractivity contribution in [3.05, 3.63) is 119 Å². The zero-order chi connectivity index (χ0) is 43.4. The molecule has 0 radical (unpaired) electrons. The Bertz CT molecular complexity index is 2180. The predicted molar refractivity (Wildman–Crippen MR) is 216 cm³/mol. The van der Waals surface area contributed by atoms with Gasteiger partial charge in [0.15, 0.2) is 11.7 Å². The zero-order valence-corrected chi connectivity index (χ0v) is 34.9. The molecule has 1 amide bonds. The first-order valence-corrected chi connectivity index (χ1v) is 20.3. The SMILES string of the molecule is CO[C@H]1C[C@H]2OC[C@@]2(OC(C)=O)C2[C@H](OC(=O)c3ccccc3)[C@]3(O)C[C@H](OC(=O)[C@H](O)[C@@H](NC(=O)c4ccccc4)c4ccccc4)C(C)=C([C@@H](C)C(=O)[C@@]21C)C3(C)C. The van der Waals surface area contributed by atoms with Crippen molar-refractivity contribution in [2.45, 2.75) is 102 Å². The normalized spacial score (nSPS) is 32.6. The molecular formula is C47H53NO12. The second-order valence-electron chi connectivity index (χ2n) is 17.3. The van der Waals surface area contributed by atoms with Gasteiger partial charge in [0.25, 0.3) is 5.91 Å². The molecule has 2 bridgehead atoms. The van der Waals surface area contributed by atoms with E-state index in [1.807, 2.05) is 0 Å². The largest absolute Gasteiger partial charge is 0.456 e. The van der Waals surface area contributed by atoms with Crippen LogP contribution >= 0.6 is 0 Å². The Kier molecular flexibility index (Phi) is 11.4. The molecule has 3 fully saturated rings. The van der Waals surface area contributed by atoms with Crippen molar-refractivity contribution in [2.75, 3.05) is 13.7 Å². The number of amides is 1. The second kappa shape index (κ2) is 16.0. The van der Waals surface area contributed by atoms with Crippen LogP contribution in [0, 0.1) is 22.7 Å². The lowest BCUT2D eigenvalue weighted by Crippen LogP contribution is -2.81. The highest BCUT2D eigenvalue weighted by Crippen LogP contribution is 2.65. The number of aliphatic hydroxyl groups excluding tert-OH is 1. The molecule has 0 aromatic heterocycles. The Morgan fingerprint density at radius 3 is 2.02 bits per heavy atom. The molecule has 0 spiro atoms. The number of esters is 3. The number of rotatable bonds is 10.